The molecule has 18 heavy (non-hydrogen) atoms. The van der Waals surface area contributed by atoms with Gasteiger partial charge in [-0.1, -0.05) is 6.58 Å². The summed E-state index contributed by atoms with van der Waals surface area (Å²) in [5.41, 5.74) is 1.09. The van der Waals surface area contributed by atoms with E-state index in [1.54, 1.807) is 23.3 Å². The van der Waals surface area contributed by atoms with E-state index in [1.165, 1.54) is 6.07 Å². The first-order valence-electron chi connectivity index (χ1n) is 5.14. The normalized spacial score (nSPS) is 10.4. The van der Waals surface area contributed by atoms with Crippen molar-refractivity contribution in [2.24, 2.45) is 0 Å². The molecule has 3 nitrogen and oxygen atoms in total. The molecule has 2 rings (SSSR count). The molecule has 0 radical (unpaired) electrons. The third-order valence-corrected chi connectivity index (χ3v) is 2.94. The first-order valence-corrected chi connectivity index (χ1v) is 5.93. The average Bonchev–Trinajstić information content (AvgIpc) is 2.75. The molecule has 0 aliphatic heterocycles. The van der Waals surface area contributed by atoms with Crippen molar-refractivity contribution in [2.75, 3.05) is 5.32 Å². The van der Waals surface area contributed by atoms with E-state index in [-0.39, 0.29) is 5.69 Å². The van der Waals surface area contributed by atoms with Crippen molar-refractivity contribution >= 4 is 27.8 Å². The van der Waals surface area contributed by atoms with Gasteiger partial charge in [0.05, 0.1) is 11.9 Å². The zero-order chi connectivity index (χ0) is 13.1. The third-order valence-electron chi connectivity index (χ3n) is 2.32. The van der Waals surface area contributed by atoms with Gasteiger partial charge >= 0.3 is 0 Å². The number of halogens is 3. The smallest absolute Gasteiger partial charge is 0.150 e. The fourth-order valence-electron chi connectivity index (χ4n) is 1.47. The second-order valence-corrected chi connectivity index (χ2v) is 4.46. The molecule has 1 aromatic heterocycles. The monoisotopic (exact) mass is 313 g/mol. The van der Waals surface area contributed by atoms with Crippen LogP contribution in [0.15, 0.2) is 35.6 Å². The van der Waals surface area contributed by atoms with E-state index >= 15 is 0 Å². The molecule has 1 heterocycles. The van der Waals surface area contributed by atoms with Crippen LogP contribution in [0.5, 0.6) is 0 Å². The molecule has 94 valence electrons. The lowest BCUT2D eigenvalue weighted by atomic mass is 10.2. The predicted molar refractivity (Wildman–Crippen MR) is 70.0 cm³/mol. The van der Waals surface area contributed by atoms with Crippen molar-refractivity contribution < 1.29 is 8.78 Å². The fraction of sp³-hybridized carbons (Fsp3) is 0.0833. The molecule has 0 spiro atoms. The number of nitrogens with one attached hydrogen (secondary N) is 1. The Morgan fingerprint density at radius 3 is 2.83 bits per heavy atom. The molecule has 6 heteroatoms. The van der Waals surface area contributed by atoms with Gasteiger partial charge < -0.3 is 5.32 Å². The van der Waals surface area contributed by atoms with Gasteiger partial charge in [0, 0.05) is 35.0 Å². The maximum atomic E-state index is 13.5. The topological polar surface area (TPSA) is 29.9 Å². The summed E-state index contributed by atoms with van der Waals surface area (Å²) in [5, 5.41) is 6.89. The Labute approximate surface area is 111 Å². The highest BCUT2D eigenvalue weighted by molar-refractivity contribution is 9.10. The Kier molecular flexibility index (Phi) is 3.76. The molecular weight excluding hydrogens is 304 g/mol. The van der Waals surface area contributed by atoms with Crippen LogP contribution in [0.4, 0.5) is 14.5 Å². The van der Waals surface area contributed by atoms with Crippen LogP contribution in [0.3, 0.4) is 0 Å². The summed E-state index contributed by atoms with van der Waals surface area (Å²) in [6.07, 6.45) is 4.96. The van der Waals surface area contributed by atoms with Crippen LogP contribution in [0.25, 0.3) is 6.20 Å². The van der Waals surface area contributed by atoms with Crippen LogP contribution in [0, 0.1) is 11.6 Å². The highest BCUT2D eigenvalue weighted by Gasteiger charge is 2.09. The van der Waals surface area contributed by atoms with Gasteiger partial charge in [-0.3, -0.25) is 0 Å². The number of hydrogen-bond acceptors (Lipinski definition) is 2. The van der Waals surface area contributed by atoms with Crippen molar-refractivity contribution in [1.29, 1.82) is 0 Å². The summed E-state index contributed by atoms with van der Waals surface area (Å²) in [7, 11) is 0. The quantitative estimate of drug-likeness (QED) is 0.934. The molecule has 0 fully saturated rings. The van der Waals surface area contributed by atoms with E-state index in [9.17, 15) is 8.78 Å². The van der Waals surface area contributed by atoms with Crippen molar-refractivity contribution in [2.45, 2.75) is 6.54 Å². The highest BCUT2D eigenvalue weighted by atomic mass is 79.9. The molecule has 1 aromatic carbocycles. The standard InChI is InChI=1S/C12H10BrF2N3/c1-2-18-7-8(6-17-18)5-16-12-10(13)3-9(14)4-11(12)15/h2-4,6-7,16H,1,5H2. The van der Waals surface area contributed by atoms with Gasteiger partial charge in [-0.25, -0.2) is 13.5 Å². The van der Waals surface area contributed by atoms with Crippen LogP contribution in [0.2, 0.25) is 0 Å². The second-order valence-electron chi connectivity index (χ2n) is 3.61. The Hall–Kier alpha value is -1.69. The molecule has 0 aliphatic carbocycles. The second kappa shape index (κ2) is 5.30. The number of anilines is 1. The van der Waals surface area contributed by atoms with Crippen LogP contribution < -0.4 is 5.32 Å². The van der Waals surface area contributed by atoms with E-state index in [1.807, 2.05) is 0 Å². The van der Waals surface area contributed by atoms with Crippen molar-refractivity contribution in [3.8, 4) is 0 Å². The number of aromatic nitrogens is 2. The van der Waals surface area contributed by atoms with Gasteiger partial charge in [0.25, 0.3) is 0 Å². The molecule has 0 bridgehead atoms. The van der Waals surface area contributed by atoms with E-state index in [4.69, 9.17) is 0 Å². The van der Waals surface area contributed by atoms with Gasteiger partial charge in [-0.2, -0.15) is 5.10 Å². The minimum atomic E-state index is -0.641. The lowest BCUT2D eigenvalue weighted by Gasteiger charge is -2.08. The maximum absolute atomic E-state index is 13.5. The molecule has 2 aromatic rings. The van der Waals surface area contributed by atoms with Gasteiger partial charge in [-0.15, -0.1) is 0 Å². The third kappa shape index (κ3) is 2.76. The fourth-order valence-corrected chi connectivity index (χ4v) is 2.02. The summed E-state index contributed by atoms with van der Waals surface area (Å²) < 4.78 is 28.3. The van der Waals surface area contributed by atoms with Gasteiger partial charge in [-0.05, 0) is 22.0 Å². The largest absolute Gasteiger partial charge is 0.378 e. The summed E-state index contributed by atoms with van der Waals surface area (Å²) in [4.78, 5) is 0. The SMILES string of the molecule is C=Cn1cc(CNc2c(F)cc(F)cc2Br)cn1. The van der Waals surface area contributed by atoms with Gasteiger partial charge in [0.15, 0.2) is 0 Å². The lowest BCUT2D eigenvalue weighted by Crippen LogP contribution is -2.02. The maximum Gasteiger partial charge on any atom is 0.150 e. The number of benzene rings is 1. The van der Waals surface area contributed by atoms with Crippen LogP contribution >= 0.6 is 15.9 Å². The minimum Gasteiger partial charge on any atom is -0.378 e. The van der Waals surface area contributed by atoms with Crippen molar-refractivity contribution in [3.63, 3.8) is 0 Å². The summed E-state index contributed by atoms with van der Waals surface area (Å²) in [6.45, 7) is 3.96. The Morgan fingerprint density at radius 2 is 2.22 bits per heavy atom. The Morgan fingerprint density at radius 1 is 1.44 bits per heavy atom. The summed E-state index contributed by atoms with van der Waals surface area (Å²) >= 11 is 3.11. The van der Waals surface area contributed by atoms with E-state index in [0.717, 1.165) is 11.6 Å². The van der Waals surface area contributed by atoms with Crippen molar-refractivity contribution in [3.05, 3.63) is 52.8 Å². The van der Waals surface area contributed by atoms with E-state index < -0.39 is 11.6 Å². The van der Waals surface area contributed by atoms with Crippen molar-refractivity contribution in [1.82, 2.24) is 9.78 Å². The van der Waals surface area contributed by atoms with Gasteiger partial charge in [0.1, 0.15) is 11.6 Å². The van der Waals surface area contributed by atoms with Crippen LogP contribution in [0.1, 0.15) is 5.56 Å². The van der Waals surface area contributed by atoms with E-state index in [0.29, 0.717) is 11.0 Å². The first-order chi connectivity index (χ1) is 8.60. The van der Waals surface area contributed by atoms with Crippen LogP contribution in [-0.2, 0) is 6.54 Å². The molecule has 0 unspecified atom stereocenters. The number of hydrogen-bond donors (Lipinski definition) is 1. The molecule has 0 aliphatic rings. The van der Waals surface area contributed by atoms with Gasteiger partial charge in [0.2, 0.25) is 0 Å². The zero-order valence-electron chi connectivity index (χ0n) is 9.33. The molecule has 0 saturated carbocycles. The molecule has 1 N–H and O–H groups in total. The Balaban J connectivity index is 2.12. The predicted octanol–water partition coefficient (Wildman–Crippen LogP) is 3.64. The molecule has 0 saturated heterocycles. The number of rotatable bonds is 4. The first kappa shape index (κ1) is 12.8. The molecule has 0 amide bonds. The minimum absolute atomic E-state index is 0.225. The lowest BCUT2D eigenvalue weighted by molar-refractivity contribution is 0.583. The zero-order valence-corrected chi connectivity index (χ0v) is 10.9. The highest BCUT2D eigenvalue weighted by Crippen LogP contribution is 2.27. The Bertz CT molecular complexity index is 557. The number of nitrogens with zero attached hydrogens (tertiary/aromatic N) is 2. The molecule has 0 atom stereocenters. The summed E-state index contributed by atoms with van der Waals surface area (Å²) in [5.74, 6) is -1.26. The molecular formula is C12H10BrF2N3. The van der Waals surface area contributed by atoms with E-state index in [2.05, 4.69) is 32.9 Å². The average molecular weight is 314 g/mol. The summed E-state index contributed by atoms with van der Waals surface area (Å²) in [6, 6.07) is 2.04. The van der Waals surface area contributed by atoms with Crippen LogP contribution in [-0.4, -0.2) is 9.78 Å².